The van der Waals surface area contributed by atoms with Gasteiger partial charge in [0, 0.05) is 13.5 Å². The van der Waals surface area contributed by atoms with Crippen molar-refractivity contribution in [2.24, 2.45) is 5.41 Å². The highest BCUT2D eigenvalue weighted by Gasteiger charge is 2.36. The Kier molecular flexibility index (Phi) is 3.24. The molecule has 0 fully saturated rings. The highest BCUT2D eigenvalue weighted by Crippen LogP contribution is 2.34. The predicted molar refractivity (Wildman–Crippen MR) is 45.6 cm³/mol. The van der Waals surface area contributed by atoms with Gasteiger partial charge in [0.1, 0.15) is 6.29 Å². The van der Waals surface area contributed by atoms with Gasteiger partial charge in [0.25, 0.3) is 0 Å². The van der Waals surface area contributed by atoms with E-state index in [2.05, 4.69) is 20.8 Å². The number of carbonyl (C=O) groups is 1. The smallest absolute Gasteiger partial charge is 0.122 e. The molecule has 0 amide bonds. The quantitative estimate of drug-likeness (QED) is 0.587. The van der Waals surface area contributed by atoms with Crippen LogP contribution in [0, 0.1) is 5.41 Å². The molecule has 2 heteroatoms. The molecule has 0 saturated heterocycles. The van der Waals surface area contributed by atoms with E-state index in [1.165, 1.54) is 0 Å². The molecular weight excluding hydrogens is 140 g/mol. The Labute approximate surface area is 68.9 Å². The standard InChI is InChI=1S/C9H18O2/c1-8(2,3)9(4,11-5)6-7-10/h7H,6H2,1-5H3. The van der Waals surface area contributed by atoms with E-state index in [4.69, 9.17) is 4.74 Å². The Balaban J connectivity index is 4.45. The molecule has 0 aromatic carbocycles. The number of hydrogen-bond donors (Lipinski definition) is 0. The molecule has 0 aliphatic heterocycles. The lowest BCUT2D eigenvalue weighted by Gasteiger charge is -2.39. The van der Waals surface area contributed by atoms with Crippen molar-refractivity contribution in [3.8, 4) is 0 Å². The number of hydrogen-bond acceptors (Lipinski definition) is 2. The average Bonchev–Trinajstić information content (AvgIpc) is 1.86. The summed E-state index contributed by atoms with van der Waals surface area (Å²) < 4.78 is 5.31. The van der Waals surface area contributed by atoms with Gasteiger partial charge in [-0.15, -0.1) is 0 Å². The van der Waals surface area contributed by atoms with E-state index in [1.54, 1.807) is 7.11 Å². The second kappa shape index (κ2) is 3.35. The number of methoxy groups -OCH3 is 1. The normalized spacial score (nSPS) is 17.5. The summed E-state index contributed by atoms with van der Waals surface area (Å²) in [6, 6.07) is 0. The first-order valence-corrected chi connectivity index (χ1v) is 3.86. The van der Waals surface area contributed by atoms with Gasteiger partial charge in [-0.1, -0.05) is 20.8 Å². The second-order valence-electron chi connectivity index (χ2n) is 4.06. The van der Waals surface area contributed by atoms with E-state index >= 15 is 0 Å². The Morgan fingerprint density at radius 2 is 1.73 bits per heavy atom. The van der Waals surface area contributed by atoms with Gasteiger partial charge in [-0.25, -0.2) is 0 Å². The first-order valence-electron chi connectivity index (χ1n) is 3.86. The van der Waals surface area contributed by atoms with E-state index in [0.717, 1.165) is 6.29 Å². The molecule has 0 spiro atoms. The number of ether oxygens (including phenoxy) is 1. The fourth-order valence-electron chi connectivity index (χ4n) is 0.855. The Hall–Kier alpha value is -0.370. The summed E-state index contributed by atoms with van der Waals surface area (Å²) in [5.41, 5.74) is -0.336. The predicted octanol–water partition coefficient (Wildman–Crippen LogP) is 2.03. The third-order valence-corrected chi connectivity index (χ3v) is 2.51. The topological polar surface area (TPSA) is 26.3 Å². The largest absolute Gasteiger partial charge is 0.378 e. The average molecular weight is 158 g/mol. The molecule has 0 aliphatic rings. The molecule has 0 aliphatic carbocycles. The monoisotopic (exact) mass is 158 g/mol. The molecule has 0 radical (unpaired) electrons. The van der Waals surface area contributed by atoms with E-state index in [1.807, 2.05) is 6.92 Å². The second-order valence-corrected chi connectivity index (χ2v) is 4.06. The zero-order valence-corrected chi connectivity index (χ0v) is 8.10. The minimum atomic E-state index is -0.339. The fraction of sp³-hybridized carbons (Fsp3) is 0.889. The van der Waals surface area contributed by atoms with Gasteiger partial charge >= 0.3 is 0 Å². The Morgan fingerprint density at radius 1 is 1.27 bits per heavy atom. The van der Waals surface area contributed by atoms with Crippen LogP contribution >= 0.6 is 0 Å². The van der Waals surface area contributed by atoms with Crippen molar-refractivity contribution in [1.82, 2.24) is 0 Å². The van der Waals surface area contributed by atoms with Crippen LogP contribution in [-0.2, 0) is 9.53 Å². The van der Waals surface area contributed by atoms with Crippen molar-refractivity contribution in [2.45, 2.75) is 39.7 Å². The Morgan fingerprint density at radius 3 is 1.82 bits per heavy atom. The van der Waals surface area contributed by atoms with Gasteiger partial charge in [0.2, 0.25) is 0 Å². The Bertz CT molecular complexity index is 135. The van der Waals surface area contributed by atoms with Crippen LogP contribution in [-0.4, -0.2) is 19.0 Å². The SMILES string of the molecule is COC(C)(CC=O)C(C)(C)C. The molecule has 0 bridgehead atoms. The van der Waals surface area contributed by atoms with E-state index in [9.17, 15) is 4.79 Å². The molecule has 0 aromatic rings. The minimum Gasteiger partial charge on any atom is -0.378 e. The van der Waals surface area contributed by atoms with Crippen LogP contribution in [0.1, 0.15) is 34.1 Å². The van der Waals surface area contributed by atoms with Crippen molar-refractivity contribution in [1.29, 1.82) is 0 Å². The summed E-state index contributed by atoms with van der Waals surface area (Å²) in [6.07, 6.45) is 1.36. The van der Waals surface area contributed by atoms with Gasteiger partial charge in [-0.2, -0.15) is 0 Å². The lowest BCUT2D eigenvalue weighted by molar-refractivity contribution is -0.122. The molecule has 2 nitrogen and oxygen atoms in total. The molecule has 1 atom stereocenters. The molecular formula is C9H18O2. The van der Waals surface area contributed by atoms with Crippen LogP contribution in [0.3, 0.4) is 0 Å². The zero-order chi connectivity index (χ0) is 9.12. The van der Waals surface area contributed by atoms with Crippen LogP contribution in [0.25, 0.3) is 0 Å². The minimum absolute atomic E-state index is 0.00264. The molecule has 0 rings (SSSR count). The first-order chi connectivity index (χ1) is 4.87. The zero-order valence-electron chi connectivity index (χ0n) is 8.10. The third kappa shape index (κ3) is 2.29. The molecule has 66 valence electrons. The van der Waals surface area contributed by atoms with Gasteiger partial charge in [-0.3, -0.25) is 0 Å². The number of rotatable bonds is 3. The van der Waals surface area contributed by atoms with Gasteiger partial charge in [0.15, 0.2) is 0 Å². The fourth-order valence-corrected chi connectivity index (χ4v) is 0.855. The van der Waals surface area contributed by atoms with Crippen molar-refractivity contribution in [2.75, 3.05) is 7.11 Å². The number of aldehydes is 1. The summed E-state index contributed by atoms with van der Waals surface area (Å²) in [6.45, 7) is 8.17. The van der Waals surface area contributed by atoms with Crippen LogP contribution in [0.5, 0.6) is 0 Å². The van der Waals surface area contributed by atoms with E-state index in [0.29, 0.717) is 6.42 Å². The summed E-state index contributed by atoms with van der Waals surface area (Å²) in [5.74, 6) is 0. The van der Waals surface area contributed by atoms with Crippen LogP contribution in [0.2, 0.25) is 0 Å². The van der Waals surface area contributed by atoms with E-state index in [-0.39, 0.29) is 11.0 Å². The molecule has 0 aromatic heterocycles. The lowest BCUT2D eigenvalue weighted by Crippen LogP contribution is -2.42. The van der Waals surface area contributed by atoms with Crippen LogP contribution < -0.4 is 0 Å². The molecule has 0 N–H and O–H groups in total. The van der Waals surface area contributed by atoms with E-state index < -0.39 is 0 Å². The maximum atomic E-state index is 10.3. The molecule has 1 unspecified atom stereocenters. The van der Waals surface area contributed by atoms with Gasteiger partial charge in [0.05, 0.1) is 5.60 Å². The lowest BCUT2D eigenvalue weighted by atomic mass is 9.76. The molecule has 11 heavy (non-hydrogen) atoms. The van der Waals surface area contributed by atoms with Crippen molar-refractivity contribution in [3.63, 3.8) is 0 Å². The molecule has 0 heterocycles. The summed E-state index contributed by atoms with van der Waals surface area (Å²) >= 11 is 0. The maximum Gasteiger partial charge on any atom is 0.122 e. The third-order valence-electron chi connectivity index (χ3n) is 2.51. The molecule has 0 saturated carbocycles. The van der Waals surface area contributed by atoms with Crippen molar-refractivity contribution < 1.29 is 9.53 Å². The van der Waals surface area contributed by atoms with Gasteiger partial charge in [-0.05, 0) is 12.3 Å². The highest BCUT2D eigenvalue weighted by molar-refractivity contribution is 5.51. The maximum absolute atomic E-state index is 10.3. The summed E-state index contributed by atoms with van der Waals surface area (Å²) in [5, 5.41) is 0. The number of carbonyl (C=O) groups excluding carboxylic acids is 1. The summed E-state index contributed by atoms with van der Waals surface area (Å²) in [4.78, 5) is 10.3. The van der Waals surface area contributed by atoms with Crippen molar-refractivity contribution in [3.05, 3.63) is 0 Å². The first kappa shape index (κ1) is 10.6. The van der Waals surface area contributed by atoms with Crippen molar-refractivity contribution >= 4 is 6.29 Å². The highest BCUT2D eigenvalue weighted by atomic mass is 16.5. The van der Waals surface area contributed by atoms with Crippen LogP contribution in [0.4, 0.5) is 0 Å². The summed E-state index contributed by atoms with van der Waals surface area (Å²) in [7, 11) is 1.65. The van der Waals surface area contributed by atoms with Gasteiger partial charge < -0.3 is 9.53 Å². The van der Waals surface area contributed by atoms with Crippen LogP contribution in [0.15, 0.2) is 0 Å².